The summed E-state index contributed by atoms with van der Waals surface area (Å²) in [5.41, 5.74) is 2.96. The Hall–Kier alpha value is -3.30. The van der Waals surface area contributed by atoms with Gasteiger partial charge in [0.15, 0.2) is 6.61 Å². The van der Waals surface area contributed by atoms with Gasteiger partial charge in [0, 0.05) is 12.6 Å². The van der Waals surface area contributed by atoms with E-state index in [1.54, 1.807) is 6.92 Å². The van der Waals surface area contributed by atoms with Gasteiger partial charge in [-0.2, -0.15) is 0 Å². The first-order chi connectivity index (χ1) is 12.2. The minimum Gasteiger partial charge on any atom is -0.454 e. The number of halogens is 2. The lowest BCUT2D eigenvalue weighted by Crippen LogP contribution is -2.37. The molecule has 0 spiro atoms. The van der Waals surface area contributed by atoms with Crippen molar-refractivity contribution in [2.75, 3.05) is 12.3 Å². The van der Waals surface area contributed by atoms with E-state index in [-0.39, 0.29) is 12.4 Å². The fourth-order valence-corrected chi connectivity index (χ4v) is 2.26. The van der Waals surface area contributed by atoms with Crippen molar-refractivity contribution in [3.63, 3.8) is 0 Å². The molecule has 0 atom stereocenters. The Morgan fingerprint density at radius 1 is 1.19 bits per heavy atom. The summed E-state index contributed by atoms with van der Waals surface area (Å²) in [7, 11) is 0. The molecule has 10 heteroatoms. The van der Waals surface area contributed by atoms with Gasteiger partial charge >= 0.3 is 11.7 Å². The normalized spacial score (nSPS) is 10.6. The molecule has 138 valence electrons. The van der Waals surface area contributed by atoms with Crippen LogP contribution in [-0.2, 0) is 11.3 Å². The van der Waals surface area contributed by atoms with E-state index >= 15 is 0 Å². The van der Waals surface area contributed by atoms with Crippen LogP contribution in [-0.4, -0.2) is 27.9 Å². The topological polar surface area (TPSA) is 124 Å². The Bertz CT molecular complexity index is 961. The molecule has 26 heavy (non-hydrogen) atoms. The molecule has 3 N–H and O–H groups in total. The van der Waals surface area contributed by atoms with Crippen LogP contribution in [0.3, 0.4) is 0 Å². The largest absolute Gasteiger partial charge is 0.454 e. The number of nitrogens with one attached hydrogen (secondary N) is 1. The number of nitrogens with zero attached hydrogens (tertiary/aromatic N) is 1. The van der Waals surface area contributed by atoms with E-state index in [2.05, 4.69) is 4.74 Å². The summed E-state index contributed by atoms with van der Waals surface area (Å²) in [6, 6.07) is 2.04. The zero-order valence-corrected chi connectivity index (χ0v) is 13.7. The molecule has 0 radical (unpaired) electrons. The summed E-state index contributed by atoms with van der Waals surface area (Å²) in [5.74, 6) is -4.45. The van der Waals surface area contributed by atoms with Crippen LogP contribution in [0.1, 0.15) is 34.1 Å². The predicted molar refractivity (Wildman–Crippen MR) is 87.0 cm³/mol. The fraction of sp³-hybridized carbons (Fsp3) is 0.250. The summed E-state index contributed by atoms with van der Waals surface area (Å²) in [6.07, 6.45) is 0.518. The Kier molecular flexibility index (Phi) is 5.65. The molecule has 8 nitrogen and oxygen atoms in total. The third-order valence-electron chi connectivity index (χ3n) is 3.40. The molecule has 0 saturated carbocycles. The summed E-state index contributed by atoms with van der Waals surface area (Å²) in [5, 5.41) is 0. The van der Waals surface area contributed by atoms with E-state index in [9.17, 15) is 28.0 Å². The van der Waals surface area contributed by atoms with Gasteiger partial charge in [-0.1, -0.05) is 6.92 Å². The number of aromatic nitrogens is 2. The summed E-state index contributed by atoms with van der Waals surface area (Å²) < 4.78 is 31.9. The van der Waals surface area contributed by atoms with Crippen molar-refractivity contribution in [2.24, 2.45) is 0 Å². The van der Waals surface area contributed by atoms with Gasteiger partial charge in [0.25, 0.3) is 5.56 Å². The lowest BCUT2D eigenvalue weighted by atomic mass is 10.2. The Labute approximate surface area is 145 Å². The summed E-state index contributed by atoms with van der Waals surface area (Å²) >= 11 is 0. The van der Waals surface area contributed by atoms with E-state index in [0.29, 0.717) is 12.5 Å². The van der Waals surface area contributed by atoms with Crippen LogP contribution < -0.4 is 17.0 Å². The molecule has 0 bridgehead atoms. The molecule has 1 aromatic heterocycles. The molecule has 0 aliphatic heterocycles. The second-order valence-corrected chi connectivity index (χ2v) is 5.33. The average Bonchev–Trinajstić information content (AvgIpc) is 2.55. The molecule has 1 heterocycles. The monoisotopic (exact) mass is 367 g/mol. The SMILES string of the molecule is CCCn1c(N)c(C(=O)COC(=O)c2cc(F)cc(F)c2)c(=O)[nH]c1=O. The number of nitrogen functional groups attached to an aromatic ring is 1. The highest BCUT2D eigenvalue weighted by molar-refractivity contribution is 6.02. The number of rotatable bonds is 6. The molecular formula is C16H15F2N3O5. The van der Waals surface area contributed by atoms with E-state index in [4.69, 9.17) is 5.73 Å². The smallest absolute Gasteiger partial charge is 0.338 e. The van der Waals surface area contributed by atoms with Crippen molar-refractivity contribution in [2.45, 2.75) is 19.9 Å². The van der Waals surface area contributed by atoms with Crippen molar-refractivity contribution in [3.8, 4) is 0 Å². The van der Waals surface area contributed by atoms with E-state index < -0.39 is 52.4 Å². The quantitative estimate of drug-likeness (QED) is 0.576. The first-order valence-corrected chi connectivity index (χ1v) is 7.53. The molecule has 0 aliphatic carbocycles. The number of ketones is 1. The van der Waals surface area contributed by atoms with Gasteiger partial charge in [-0.05, 0) is 18.6 Å². The maximum Gasteiger partial charge on any atom is 0.338 e. The molecule has 2 aromatic rings. The van der Waals surface area contributed by atoms with E-state index in [0.717, 1.165) is 16.7 Å². The average molecular weight is 367 g/mol. The second kappa shape index (κ2) is 7.72. The number of H-pyrrole nitrogens is 1. The van der Waals surface area contributed by atoms with Crippen LogP contribution >= 0.6 is 0 Å². The standard InChI is InChI=1S/C16H15F2N3O5/c1-2-3-21-13(19)12(14(23)20-16(21)25)11(22)7-26-15(24)8-4-9(17)6-10(18)5-8/h4-6H,2-3,7,19H2,1H3,(H,20,23,25). The van der Waals surface area contributed by atoms with Crippen LogP contribution in [0.25, 0.3) is 0 Å². The van der Waals surface area contributed by atoms with Crippen LogP contribution in [0.15, 0.2) is 27.8 Å². The first kappa shape index (κ1) is 19.0. The maximum atomic E-state index is 13.1. The number of aromatic amines is 1. The minimum atomic E-state index is -1.16. The van der Waals surface area contributed by atoms with Crippen molar-refractivity contribution in [1.29, 1.82) is 0 Å². The van der Waals surface area contributed by atoms with Crippen LogP contribution in [0.5, 0.6) is 0 Å². The zero-order chi connectivity index (χ0) is 19.4. The van der Waals surface area contributed by atoms with E-state index in [1.165, 1.54) is 0 Å². The van der Waals surface area contributed by atoms with Crippen LogP contribution in [0.4, 0.5) is 14.6 Å². The number of ether oxygens (including phenoxy) is 1. The van der Waals surface area contributed by atoms with Gasteiger partial charge < -0.3 is 10.5 Å². The fourth-order valence-electron chi connectivity index (χ4n) is 2.26. The van der Waals surface area contributed by atoms with E-state index in [1.807, 2.05) is 4.98 Å². The molecule has 0 aliphatic rings. The number of nitrogens with two attached hydrogens (primary N) is 1. The van der Waals surface area contributed by atoms with Gasteiger partial charge in [0.2, 0.25) is 5.78 Å². The number of carbonyl (C=O) groups excluding carboxylic acids is 2. The zero-order valence-electron chi connectivity index (χ0n) is 13.7. The van der Waals surface area contributed by atoms with Crippen LogP contribution in [0.2, 0.25) is 0 Å². The minimum absolute atomic E-state index is 0.171. The van der Waals surface area contributed by atoms with Crippen molar-refractivity contribution in [1.82, 2.24) is 9.55 Å². The van der Waals surface area contributed by atoms with Crippen LogP contribution in [0, 0.1) is 11.6 Å². The van der Waals surface area contributed by atoms with Crippen molar-refractivity contribution in [3.05, 3.63) is 61.8 Å². The first-order valence-electron chi connectivity index (χ1n) is 7.53. The molecule has 0 fully saturated rings. The number of Topliss-reactive ketones (excluding diaryl/α,β-unsaturated/α-hetero) is 1. The Balaban J connectivity index is 2.23. The van der Waals surface area contributed by atoms with Gasteiger partial charge in [0.1, 0.15) is 23.0 Å². The number of benzene rings is 1. The number of hydrogen-bond acceptors (Lipinski definition) is 6. The number of esters is 1. The van der Waals surface area contributed by atoms with Crippen molar-refractivity contribution >= 4 is 17.6 Å². The lowest BCUT2D eigenvalue weighted by molar-refractivity contribution is 0.0473. The maximum absolute atomic E-state index is 13.1. The Morgan fingerprint density at radius 3 is 2.38 bits per heavy atom. The molecule has 0 amide bonds. The molecule has 0 unspecified atom stereocenters. The summed E-state index contributed by atoms with van der Waals surface area (Å²) in [6.45, 7) is 1.04. The predicted octanol–water partition coefficient (Wildman–Crippen LogP) is 0.847. The van der Waals surface area contributed by atoms with Gasteiger partial charge in [-0.3, -0.25) is 19.1 Å². The van der Waals surface area contributed by atoms with Crippen molar-refractivity contribution < 1.29 is 23.1 Å². The third-order valence-corrected chi connectivity index (χ3v) is 3.40. The molecule has 2 rings (SSSR count). The van der Waals surface area contributed by atoms with Gasteiger partial charge in [0.05, 0.1) is 5.56 Å². The highest BCUT2D eigenvalue weighted by Crippen LogP contribution is 2.10. The highest BCUT2D eigenvalue weighted by atomic mass is 19.1. The number of hydrogen-bond donors (Lipinski definition) is 2. The lowest BCUT2D eigenvalue weighted by Gasteiger charge is -2.11. The second-order valence-electron chi connectivity index (χ2n) is 5.33. The number of anilines is 1. The van der Waals surface area contributed by atoms with Gasteiger partial charge in [-0.15, -0.1) is 0 Å². The molecule has 1 aromatic carbocycles. The Morgan fingerprint density at radius 2 is 1.81 bits per heavy atom. The summed E-state index contributed by atoms with van der Waals surface area (Å²) in [4.78, 5) is 49.5. The van der Waals surface area contributed by atoms with Gasteiger partial charge in [-0.25, -0.2) is 18.4 Å². The third kappa shape index (κ3) is 4.02. The highest BCUT2D eigenvalue weighted by Gasteiger charge is 2.21. The molecule has 0 saturated heterocycles. The molecular weight excluding hydrogens is 352 g/mol. The number of carbonyl (C=O) groups is 2.